The van der Waals surface area contributed by atoms with Crippen LogP contribution in [0.1, 0.15) is 64.7 Å². The number of carbonyl (C=O) groups is 1. The molecule has 1 saturated carbocycles. The zero-order valence-corrected chi connectivity index (χ0v) is 26.1. The van der Waals surface area contributed by atoms with Crippen molar-refractivity contribution in [2.45, 2.75) is 64.7 Å². The highest BCUT2D eigenvalue weighted by Gasteiger charge is 2.30. The minimum absolute atomic E-state index is 0.0406. The number of fused-ring (bicyclic) bond motifs is 1. The number of carbonyl (C=O) groups excluding carboxylic acids is 1. The van der Waals surface area contributed by atoms with Gasteiger partial charge in [-0.3, -0.25) is 24.5 Å². The minimum Gasteiger partial charge on any atom is -0.369 e. The van der Waals surface area contributed by atoms with Crippen molar-refractivity contribution in [2.75, 3.05) is 18.0 Å². The summed E-state index contributed by atoms with van der Waals surface area (Å²) in [6.45, 7) is 6.83. The van der Waals surface area contributed by atoms with E-state index in [0.717, 1.165) is 61.4 Å². The largest absolute Gasteiger partial charge is 0.369 e. The van der Waals surface area contributed by atoms with Gasteiger partial charge in [-0.2, -0.15) is 0 Å². The highest BCUT2D eigenvalue weighted by atomic mass is 19.1. The van der Waals surface area contributed by atoms with E-state index in [2.05, 4.69) is 41.5 Å². The first-order valence-electron chi connectivity index (χ1n) is 15.8. The van der Waals surface area contributed by atoms with Crippen LogP contribution in [0, 0.1) is 19.7 Å². The fourth-order valence-corrected chi connectivity index (χ4v) is 6.57. The van der Waals surface area contributed by atoms with Crippen LogP contribution in [0.25, 0.3) is 16.6 Å². The molecular weight excluding hydrogens is 583 g/mol. The van der Waals surface area contributed by atoms with Crippen molar-refractivity contribution in [1.82, 2.24) is 29.0 Å². The molecule has 236 valence electrons. The smallest absolute Gasteiger partial charge is 0.268 e. The monoisotopic (exact) mass is 620 g/mol. The van der Waals surface area contributed by atoms with Gasteiger partial charge in [-0.05, 0) is 81.5 Å². The van der Waals surface area contributed by atoms with Crippen LogP contribution in [0.15, 0.2) is 72.3 Å². The molecule has 7 rings (SSSR count). The number of anilines is 1. The van der Waals surface area contributed by atoms with Crippen molar-refractivity contribution in [2.24, 2.45) is 5.73 Å². The van der Waals surface area contributed by atoms with Gasteiger partial charge in [0, 0.05) is 79.2 Å². The highest BCUT2D eigenvalue weighted by molar-refractivity contribution is 5.90. The third-order valence-corrected chi connectivity index (χ3v) is 9.12. The summed E-state index contributed by atoms with van der Waals surface area (Å²) in [5, 5.41) is 0.344. The fourth-order valence-electron chi connectivity index (χ4n) is 6.57. The molecule has 0 spiro atoms. The summed E-state index contributed by atoms with van der Waals surface area (Å²) in [4.78, 5) is 43.4. The Morgan fingerprint density at radius 2 is 1.87 bits per heavy atom. The van der Waals surface area contributed by atoms with Crippen molar-refractivity contribution in [3.05, 3.63) is 112 Å². The Hall–Kier alpha value is -4.90. The van der Waals surface area contributed by atoms with Gasteiger partial charge in [0.05, 0.1) is 23.1 Å². The van der Waals surface area contributed by atoms with Gasteiger partial charge >= 0.3 is 0 Å². The summed E-state index contributed by atoms with van der Waals surface area (Å²) in [5.74, 6) is -1.26. The number of primary amides is 1. The number of amides is 1. The van der Waals surface area contributed by atoms with E-state index in [9.17, 15) is 9.59 Å². The van der Waals surface area contributed by atoms with Gasteiger partial charge < -0.3 is 19.8 Å². The highest BCUT2D eigenvalue weighted by Crippen LogP contribution is 2.38. The molecule has 1 aromatic carbocycles. The van der Waals surface area contributed by atoms with E-state index in [1.807, 2.05) is 44.6 Å². The molecule has 0 bridgehead atoms. The molecule has 11 heteroatoms. The average molecular weight is 621 g/mol. The first-order chi connectivity index (χ1) is 22.2. The van der Waals surface area contributed by atoms with Crippen molar-refractivity contribution < 1.29 is 9.18 Å². The number of aryl methyl sites for hydroxylation is 2. The number of halogens is 1. The molecule has 2 fully saturated rings. The second-order valence-corrected chi connectivity index (χ2v) is 12.6. The number of piperidine rings is 1. The number of nitrogens with zero attached hydrogens (tertiary/aromatic N) is 7. The van der Waals surface area contributed by atoms with Gasteiger partial charge in [-0.1, -0.05) is 0 Å². The maximum atomic E-state index is 15.6. The summed E-state index contributed by atoms with van der Waals surface area (Å²) < 4.78 is 19.2. The predicted octanol–water partition coefficient (Wildman–Crippen LogP) is 4.84. The van der Waals surface area contributed by atoms with Crippen LogP contribution >= 0.6 is 0 Å². The molecule has 2 aliphatic rings. The average Bonchev–Trinajstić information content (AvgIpc) is 3.77. The molecule has 1 amide bonds. The van der Waals surface area contributed by atoms with E-state index in [-0.39, 0.29) is 28.9 Å². The Morgan fingerprint density at radius 1 is 1.02 bits per heavy atom. The maximum absolute atomic E-state index is 15.6. The van der Waals surface area contributed by atoms with E-state index in [1.54, 1.807) is 6.07 Å². The molecule has 10 nitrogen and oxygen atoms in total. The topological polar surface area (TPSA) is 115 Å². The summed E-state index contributed by atoms with van der Waals surface area (Å²) in [5.41, 5.74) is 10.9. The lowest BCUT2D eigenvalue weighted by molar-refractivity contribution is 0.0996. The second-order valence-electron chi connectivity index (χ2n) is 12.6. The molecule has 0 radical (unpaired) electrons. The number of hydrogen-bond donors (Lipinski definition) is 1. The first-order valence-corrected chi connectivity index (χ1v) is 15.8. The van der Waals surface area contributed by atoms with E-state index in [4.69, 9.17) is 5.73 Å². The SMILES string of the molecule is Cc1ccc(N2CCC[C@H](N(Cc3ccnc(C)c3)Cc3cn(C4CC4)c4cc(-n5cnc(C(N)=O)c5)c(F)cc4c3=O)C2)cn1. The van der Waals surface area contributed by atoms with Crippen molar-refractivity contribution in [1.29, 1.82) is 0 Å². The molecule has 1 aliphatic heterocycles. The van der Waals surface area contributed by atoms with Gasteiger partial charge in [-0.15, -0.1) is 0 Å². The molecule has 0 unspecified atom stereocenters. The summed E-state index contributed by atoms with van der Waals surface area (Å²) in [7, 11) is 0. The number of rotatable bonds is 9. The molecule has 5 heterocycles. The van der Waals surface area contributed by atoms with Crippen LogP contribution in [0.2, 0.25) is 0 Å². The van der Waals surface area contributed by atoms with E-state index >= 15 is 4.39 Å². The van der Waals surface area contributed by atoms with E-state index in [0.29, 0.717) is 29.6 Å². The van der Waals surface area contributed by atoms with Crippen molar-refractivity contribution in [3.63, 3.8) is 0 Å². The lowest BCUT2D eigenvalue weighted by atomic mass is 10.0. The molecular formula is C35H37FN8O2. The number of imidazole rings is 1. The van der Waals surface area contributed by atoms with Gasteiger partial charge in [-0.25, -0.2) is 9.37 Å². The molecule has 1 atom stereocenters. The Bertz CT molecular complexity index is 1980. The zero-order chi connectivity index (χ0) is 31.9. The predicted molar refractivity (Wildman–Crippen MR) is 175 cm³/mol. The number of aromatic nitrogens is 5. The van der Waals surface area contributed by atoms with Crippen molar-refractivity contribution >= 4 is 22.5 Å². The van der Waals surface area contributed by atoms with E-state index < -0.39 is 11.7 Å². The molecule has 2 N–H and O–H groups in total. The second kappa shape index (κ2) is 12.1. The van der Waals surface area contributed by atoms with Crippen LogP contribution < -0.4 is 16.1 Å². The Balaban J connectivity index is 1.27. The van der Waals surface area contributed by atoms with Crippen LogP contribution in [0.3, 0.4) is 0 Å². The molecule has 1 saturated heterocycles. The number of hydrogen-bond acceptors (Lipinski definition) is 7. The van der Waals surface area contributed by atoms with E-state index in [1.165, 1.54) is 23.2 Å². The summed E-state index contributed by atoms with van der Waals surface area (Å²) >= 11 is 0. The van der Waals surface area contributed by atoms with Gasteiger partial charge in [0.1, 0.15) is 17.8 Å². The normalized spacial score (nSPS) is 16.8. The van der Waals surface area contributed by atoms with Crippen LogP contribution in [0.5, 0.6) is 0 Å². The number of pyridine rings is 3. The van der Waals surface area contributed by atoms with Gasteiger partial charge in [0.2, 0.25) is 0 Å². The number of benzene rings is 1. The third kappa shape index (κ3) is 6.02. The first kappa shape index (κ1) is 29.8. The third-order valence-electron chi connectivity index (χ3n) is 9.12. The van der Waals surface area contributed by atoms with Gasteiger partial charge in [0.15, 0.2) is 5.43 Å². The Labute approximate surface area is 266 Å². The van der Waals surface area contributed by atoms with Crippen molar-refractivity contribution in [3.8, 4) is 5.69 Å². The van der Waals surface area contributed by atoms with Gasteiger partial charge in [0.25, 0.3) is 5.91 Å². The number of nitrogens with two attached hydrogens (primary N) is 1. The Kier molecular flexibility index (Phi) is 7.85. The van der Waals surface area contributed by atoms with Crippen LogP contribution in [0.4, 0.5) is 10.1 Å². The zero-order valence-electron chi connectivity index (χ0n) is 26.1. The summed E-state index contributed by atoms with van der Waals surface area (Å²) in [6, 6.07) is 11.7. The lowest BCUT2D eigenvalue weighted by Gasteiger charge is -2.40. The quantitative estimate of drug-likeness (QED) is 0.251. The van der Waals surface area contributed by atoms with Crippen LogP contribution in [-0.2, 0) is 13.1 Å². The van der Waals surface area contributed by atoms with Crippen LogP contribution in [-0.4, -0.2) is 54.0 Å². The maximum Gasteiger partial charge on any atom is 0.268 e. The Morgan fingerprint density at radius 3 is 2.59 bits per heavy atom. The minimum atomic E-state index is -0.692. The molecule has 5 aromatic rings. The lowest BCUT2D eigenvalue weighted by Crippen LogP contribution is -2.48. The standard InChI is InChI=1S/C35H37FN8O2/c1-22-5-6-27(15-39-22)41-11-3-4-28(19-41)42(16-24-9-10-38-23(2)12-24)17-25-18-44(26-7-8-26)32-14-33(30(36)13-29(32)34(25)45)43-20-31(35(37)46)40-21-43/h5-6,9-10,12-15,18,20-21,26,28H,3-4,7-8,11,16-17,19H2,1-2H3,(H2,37,46)/t28-/m0/s1. The fraction of sp³-hybridized carbons (Fsp3) is 0.343. The summed E-state index contributed by atoms with van der Waals surface area (Å²) in [6.07, 6.45) is 12.5. The molecule has 46 heavy (non-hydrogen) atoms. The molecule has 4 aromatic heterocycles. The molecule has 1 aliphatic carbocycles.